The first kappa shape index (κ1) is 30.3. The Morgan fingerprint density at radius 1 is 1.30 bits per heavy atom. The molecule has 2 N–H and O–H groups in total. The second kappa shape index (κ2) is 12.9. The number of ether oxygens (including phenoxy) is 1. The molecule has 2 aliphatic rings. The van der Waals surface area contributed by atoms with Gasteiger partial charge in [-0.3, -0.25) is 14.6 Å². The molecule has 2 atom stereocenters. The van der Waals surface area contributed by atoms with E-state index in [0.717, 1.165) is 62.1 Å². The first-order valence-corrected chi connectivity index (χ1v) is 14.8. The van der Waals surface area contributed by atoms with Crippen molar-refractivity contribution in [3.63, 3.8) is 0 Å². The Morgan fingerprint density at radius 3 is 2.77 bits per heavy atom. The van der Waals surface area contributed by atoms with E-state index < -0.39 is 17.8 Å². The number of likely N-dealkylation sites (tertiary alicyclic amines) is 1. The Morgan fingerprint density at radius 2 is 2.08 bits per heavy atom. The molecule has 2 aliphatic heterocycles. The fourth-order valence-electron chi connectivity index (χ4n) is 6.24. The highest BCUT2D eigenvalue weighted by molar-refractivity contribution is 5.77. The second-order valence-electron chi connectivity index (χ2n) is 12.4. The summed E-state index contributed by atoms with van der Waals surface area (Å²) in [6.07, 6.45) is 7.33. The van der Waals surface area contributed by atoms with E-state index in [1.165, 1.54) is 25.2 Å². The van der Waals surface area contributed by atoms with Crippen LogP contribution in [-0.2, 0) is 17.6 Å². The molecular weight excluding hydrogens is 507 g/mol. The maximum atomic E-state index is 14.9. The minimum Gasteiger partial charge on any atom is -0.493 e. The van der Waals surface area contributed by atoms with Crippen LogP contribution in [0.2, 0.25) is 0 Å². The average Bonchev–Trinajstić information content (AvgIpc) is 3.39. The number of carbonyl (C=O) groups is 1. The minimum absolute atomic E-state index is 0.0260. The van der Waals surface area contributed by atoms with Crippen LogP contribution in [0.4, 0.5) is 10.2 Å². The van der Waals surface area contributed by atoms with Crippen molar-refractivity contribution in [1.29, 1.82) is 0 Å². The van der Waals surface area contributed by atoms with E-state index in [-0.39, 0.29) is 23.2 Å². The largest absolute Gasteiger partial charge is 0.493 e. The van der Waals surface area contributed by atoms with E-state index in [0.29, 0.717) is 18.7 Å². The van der Waals surface area contributed by atoms with Gasteiger partial charge >= 0.3 is 5.97 Å². The van der Waals surface area contributed by atoms with Gasteiger partial charge in [0.2, 0.25) is 0 Å². The van der Waals surface area contributed by atoms with Crippen molar-refractivity contribution in [2.75, 3.05) is 39.1 Å². The number of nitrogens with zero attached hydrogens (tertiary/aromatic N) is 3. The standard InChI is InChI=1S/C32H47FN4O3/c1-21(2)23-18-26(29(40-6)27(33)19-23)28(31(38)39)37-17-14-25(20-37)36(5)32(3,4)15-8-7-11-24-13-12-22-10-9-16-34-30(22)35-24/h12-13,18-19,21,25,28H,7-11,14-17,20H2,1-6H3,(H,34,35)(H,38,39)/t25-,28+/m1/s1. The minimum atomic E-state index is -0.979. The van der Waals surface area contributed by atoms with E-state index in [4.69, 9.17) is 9.72 Å². The van der Waals surface area contributed by atoms with E-state index in [9.17, 15) is 14.3 Å². The smallest absolute Gasteiger partial charge is 0.325 e. The first-order chi connectivity index (χ1) is 19.0. The molecule has 3 heterocycles. The average molecular weight is 555 g/mol. The highest BCUT2D eigenvalue weighted by Crippen LogP contribution is 2.38. The topological polar surface area (TPSA) is 77.9 Å². The highest BCUT2D eigenvalue weighted by atomic mass is 19.1. The third kappa shape index (κ3) is 6.77. The van der Waals surface area contributed by atoms with Crippen molar-refractivity contribution >= 4 is 11.8 Å². The number of carboxylic acid groups (broad SMARTS) is 1. The van der Waals surface area contributed by atoms with E-state index in [2.05, 4.69) is 43.2 Å². The lowest BCUT2D eigenvalue weighted by Gasteiger charge is -2.40. The number of benzene rings is 1. The summed E-state index contributed by atoms with van der Waals surface area (Å²) in [5, 5.41) is 13.7. The molecule has 0 unspecified atom stereocenters. The van der Waals surface area contributed by atoms with Gasteiger partial charge in [0.05, 0.1) is 7.11 Å². The zero-order chi connectivity index (χ0) is 29.0. The van der Waals surface area contributed by atoms with Crippen LogP contribution in [-0.4, -0.2) is 71.2 Å². The summed E-state index contributed by atoms with van der Waals surface area (Å²) in [5.74, 6) is -0.326. The molecule has 0 amide bonds. The Kier molecular flexibility index (Phi) is 9.72. The van der Waals surface area contributed by atoms with Crippen LogP contribution in [0.25, 0.3) is 0 Å². The fourth-order valence-corrected chi connectivity index (χ4v) is 6.24. The van der Waals surface area contributed by atoms with Gasteiger partial charge in [-0.25, -0.2) is 9.37 Å². The number of aliphatic carboxylic acids is 1. The number of hydrogen-bond acceptors (Lipinski definition) is 6. The van der Waals surface area contributed by atoms with Crippen molar-refractivity contribution in [3.8, 4) is 5.75 Å². The van der Waals surface area contributed by atoms with Crippen LogP contribution >= 0.6 is 0 Å². The summed E-state index contributed by atoms with van der Waals surface area (Å²) in [6.45, 7) is 10.8. The summed E-state index contributed by atoms with van der Waals surface area (Å²) in [7, 11) is 3.55. The fraction of sp³-hybridized carbons (Fsp3) is 0.625. The molecule has 0 spiro atoms. The Labute approximate surface area is 239 Å². The zero-order valence-corrected chi connectivity index (χ0v) is 25.1. The molecule has 8 heteroatoms. The Hall–Kier alpha value is -2.71. The molecule has 0 radical (unpaired) electrons. The summed E-state index contributed by atoms with van der Waals surface area (Å²) >= 11 is 0. The van der Waals surface area contributed by atoms with E-state index >= 15 is 0 Å². The van der Waals surface area contributed by atoms with Crippen LogP contribution in [0.3, 0.4) is 0 Å². The van der Waals surface area contributed by atoms with Crippen molar-refractivity contribution in [2.45, 2.75) is 96.2 Å². The summed E-state index contributed by atoms with van der Waals surface area (Å²) < 4.78 is 20.3. The summed E-state index contributed by atoms with van der Waals surface area (Å²) in [5.41, 5.74) is 3.61. The van der Waals surface area contributed by atoms with Gasteiger partial charge in [-0.15, -0.1) is 0 Å². The molecule has 0 aliphatic carbocycles. The van der Waals surface area contributed by atoms with Gasteiger partial charge in [-0.2, -0.15) is 0 Å². The molecule has 40 heavy (non-hydrogen) atoms. The summed E-state index contributed by atoms with van der Waals surface area (Å²) in [4.78, 5) is 21.8. The SMILES string of the molecule is COc1c(F)cc(C(C)C)cc1[C@@H](C(=O)O)N1CC[C@@H](N(C)C(C)(C)CCCCc2ccc3c(n2)NCCC3)C1. The number of rotatable bonds is 12. The van der Waals surface area contributed by atoms with Gasteiger partial charge in [-0.1, -0.05) is 26.3 Å². The van der Waals surface area contributed by atoms with Crippen molar-refractivity contribution in [3.05, 3.63) is 52.5 Å². The van der Waals surface area contributed by atoms with Crippen LogP contribution < -0.4 is 10.1 Å². The van der Waals surface area contributed by atoms with Crippen LogP contribution in [0.1, 0.15) is 94.1 Å². The molecule has 0 bridgehead atoms. The molecule has 220 valence electrons. The number of methoxy groups -OCH3 is 1. The Balaban J connectivity index is 1.37. The Bertz CT molecular complexity index is 1180. The third-order valence-electron chi connectivity index (χ3n) is 8.98. The van der Waals surface area contributed by atoms with E-state index in [1.807, 2.05) is 18.7 Å². The summed E-state index contributed by atoms with van der Waals surface area (Å²) in [6, 6.07) is 6.92. The first-order valence-electron chi connectivity index (χ1n) is 14.8. The maximum Gasteiger partial charge on any atom is 0.325 e. The molecular formula is C32H47FN4O3. The maximum absolute atomic E-state index is 14.9. The number of nitrogens with one attached hydrogen (secondary N) is 1. The van der Waals surface area contributed by atoms with E-state index in [1.54, 1.807) is 6.07 Å². The molecule has 1 aromatic heterocycles. The number of aryl methyl sites for hydroxylation is 2. The molecule has 2 aromatic rings. The molecule has 0 saturated carbocycles. The second-order valence-corrected chi connectivity index (χ2v) is 12.4. The number of aromatic nitrogens is 1. The predicted octanol–water partition coefficient (Wildman–Crippen LogP) is 6.03. The number of likely N-dealkylation sites (N-methyl/N-ethyl adjacent to an activating group) is 1. The molecule has 1 fully saturated rings. The van der Waals surface area contributed by atoms with Crippen molar-refractivity contribution in [1.82, 2.24) is 14.8 Å². The van der Waals surface area contributed by atoms with Crippen LogP contribution in [0, 0.1) is 5.82 Å². The molecule has 1 saturated heterocycles. The predicted molar refractivity (Wildman–Crippen MR) is 158 cm³/mol. The monoisotopic (exact) mass is 554 g/mol. The zero-order valence-electron chi connectivity index (χ0n) is 25.1. The lowest BCUT2D eigenvalue weighted by Crippen LogP contribution is -2.48. The van der Waals surface area contributed by atoms with Gasteiger partial charge in [0.1, 0.15) is 11.9 Å². The van der Waals surface area contributed by atoms with Gasteiger partial charge in [0, 0.05) is 42.5 Å². The van der Waals surface area contributed by atoms with Gasteiger partial charge in [0.25, 0.3) is 0 Å². The van der Waals surface area contributed by atoms with Gasteiger partial charge in [0.15, 0.2) is 11.6 Å². The third-order valence-corrected chi connectivity index (χ3v) is 8.98. The molecule has 4 rings (SSSR count). The van der Waals surface area contributed by atoms with Crippen molar-refractivity contribution < 1.29 is 19.0 Å². The highest BCUT2D eigenvalue weighted by Gasteiger charge is 2.40. The van der Waals surface area contributed by atoms with Crippen molar-refractivity contribution in [2.24, 2.45) is 0 Å². The lowest BCUT2D eigenvalue weighted by molar-refractivity contribution is -0.143. The number of anilines is 1. The quantitative estimate of drug-likeness (QED) is 0.310. The number of halogens is 1. The van der Waals surface area contributed by atoms with Gasteiger partial charge in [-0.05, 0) is 94.7 Å². The number of carboxylic acids is 1. The van der Waals surface area contributed by atoms with Gasteiger partial charge < -0.3 is 15.2 Å². The number of hydrogen-bond donors (Lipinski definition) is 2. The van der Waals surface area contributed by atoms with Crippen LogP contribution in [0.5, 0.6) is 5.75 Å². The number of fused-ring (bicyclic) bond motifs is 1. The lowest BCUT2D eigenvalue weighted by atomic mass is 9.92. The number of unbranched alkanes of at least 4 members (excludes halogenated alkanes) is 1. The molecule has 7 nitrogen and oxygen atoms in total. The number of pyridine rings is 1. The van der Waals surface area contributed by atoms with Crippen LogP contribution in [0.15, 0.2) is 24.3 Å². The molecule has 1 aromatic carbocycles. The normalized spacial score (nSPS) is 18.6.